The quantitative estimate of drug-likeness (QED) is 0.661. The van der Waals surface area contributed by atoms with Crippen LogP contribution in [0.4, 0.5) is 0 Å². The minimum atomic E-state index is 1.09. The van der Waals surface area contributed by atoms with Gasteiger partial charge in [0.2, 0.25) is 0 Å². The van der Waals surface area contributed by atoms with Crippen LogP contribution in [0, 0.1) is 6.92 Å². The Bertz CT molecular complexity index is 474. The number of aryl methyl sites for hydroxylation is 2. The molecule has 0 bridgehead atoms. The Morgan fingerprint density at radius 3 is 2.87 bits per heavy atom. The van der Waals surface area contributed by atoms with Crippen molar-refractivity contribution < 1.29 is 0 Å². The summed E-state index contributed by atoms with van der Waals surface area (Å²) >= 11 is 8.94. The van der Waals surface area contributed by atoms with Gasteiger partial charge in [0.1, 0.15) is 0 Å². The van der Waals surface area contributed by atoms with Crippen LogP contribution in [0.2, 0.25) is 0 Å². The van der Waals surface area contributed by atoms with Gasteiger partial charge in [0.25, 0.3) is 0 Å². The molecule has 0 spiro atoms. The molecule has 0 aliphatic rings. The van der Waals surface area contributed by atoms with Gasteiger partial charge in [0.05, 0.1) is 0 Å². The van der Waals surface area contributed by atoms with E-state index in [4.69, 9.17) is 0 Å². The average molecular weight is 348 g/mol. The fraction of sp³-hybridized carbons (Fsp3) is 0.333. The highest BCUT2D eigenvalue weighted by Crippen LogP contribution is 2.33. The van der Waals surface area contributed by atoms with Crippen LogP contribution in [0.3, 0.4) is 0 Å². The molecule has 0 aliphatic heterocycles. The van der Waals surface area contributed by atoms with Gasteiger partial charge in [0, 0.05) is 19.4 Å². The number of benzene rings is 1. The van der Waals surface area contributed by atoms with E-state index in [1.165, 1.54) is 37.8 Å². The molecule has 2 rings (SSSR count). The third kappa shape index (κ3) is 2.45. The zero-order valence-electron chi connectivity index (χ0n) is 8.52. The van der Waals surface area contributed by atoms with Crippen LogP contribution in [-0.4, -0.2) is 5.33 Å². The number of rotatable bonds is 3. The first-order chi connectivity index (χ1) is 7.22. The Labute approximate surface area is 111 Å². The third-order valence-electron chi connectivity index (χ3n) is 2.53. The summed E-state index contributed by atoms with van der Waals surface area (Å²) in [7, 11) is 0. The minimum absolute atomic E-state index is 1.09. The highest BCUT2D eigenvalue weighted by atomic mass is 79.9. The van der Waals surface area contributed by atoms with Crippen molar-refractivity contribution in [3.63, 3.8) is 0 Å². The lowest BCUT2D eigenvalue weighted by Gasteiger charge is -1.96. The molecule has 0 amide bonds. The van der Waals surface area contributed by atoms with Crippen molar-refractivity contribution in [1.82, 2.24) is 0 Å². The van der Waals surface area contributed by atoms with Crippen molar-refractivity contribution in [2.24, 2.45) is 0 Å². The van der Waals surface area contributed by atoms with Gasteiger partial charge in [-0.15, -0.1) is 11.3 Å². The van der Waals surface area contributed by atoms with Gasteiger partial charge < -0.3 is 0 Å². The fourth-order valence-electron chi connectivity index (χ4n) is 1.71. The molecule has 1 aromatic heterocycles. The second-order valence-electron chi connectivity index (χ2n) is 3.58. The first-order valence-corrected chi connectivity index (χ1v) is 7.69. The predicted molar refractivity (Wildman–Crippen MR) is 76.4 cm³/mol. The molecule has 0 saturated heterocycles. The van der Waals surface area contributed by atoms with Gasteiger partial charge in [-0.25, -0.2) is 0 Å². The largest absolute Gasteiger partial charge is 0.140 e. The molecule has 1 aromatic carbocycles. The normalized spacial score (nSPS) is 11.1. The number of thiophene rings is 1. The zero-order valence-corrected chi connectivity index (χ0v) is 12.5. The van der Waals surface area contributed by atoms with E-state index in [1.807, 2.05) is 11.3 Å². The lowest BCUT2D eigenvalue weighted by atomic mass is 10.1. The van der Waals surface area contributed by atoms with E-state index < -0.39 is 0 Å². The van der Waals surface area contributed by atoms with Crippen LogP contribution >= 0.6 is 43.2 Å². The maximum absolute atomic E-state index is 3.53. The van der Waals surface area contributed by atoms with Crippen LogP contribution < -0.4 is 0 Å². The van der Waals surface area contributed by atoms with Crippen LogP contribution in [0.25, 0.3) is 10.1 Å². The summed E-state index contributed by atoms with van der Waals surface area (Å²) < 4.78 is 2.57. The molecular formula is C12H12Br2S. The SMILES string of the molecule is Cc1c(CCCBr)sc2ccc(Br)cc12. The number of fused-ring (bicyclic) bond motifs is 1. The van der Waals surface area contributed by atoms with Crippen LogP contribution in [0.5, 0.6) is 0 Å². The molecule has 0 atom stereocenters. The van der Waals surface area contributed by atoms with Crippen molar-refractivity contribution >= 4 is 53.3 Å². The van der Waals surface area contributed by atoms with Gasteiger partial charge in [-0.1, -0.05) is 31.9 Å². The Morgan fingerprint density at radius 2 is 2.13 bits per heavy atom. The molecule has 80 valence electrons. The molecule has 0 radical (unpaired) electrons. The molecule has 0 nitrogen and oxygen atoms in total. The lowest BCUT2D eigenvalue weighted by Crippen LogP contribution is -1.83. The Hall–Kier alpha value is 0.140. The Morgan fingerprint density at radius 1 is 1.33 bits per heavy atom. The summed E-state index contributed by atoms with van der Waals surface area (Å²) in [5.41, 5.74) is 1.46. The lowest BCUT2D eigenvalue weighted by molar-refractivity contribution is 0.952. The third-order valence-corrected chi connectivity index (χ3v) is 4.92. The van der Waals surface area contributed by atoms with E-state index in [2.05, 4.69) is 57.0 Å². The maximum atomic E-state index is 3.53. The monoisotopic (exact) mass is 346 g/mol. The van der Waals surface area contributed by atoms with Crippen molar-refractivity contribution in [1.29, 1.82) is 0 Å². The maximum Gasteiger partial charge on any atom is 0.0349 e. The highest BCUT2D eigenvalue weighted by Gasteiger charge is 2.07. The van der Waals surface area contributed by atoms with E-state index in [-0.39, 0.29) is 0 Å². The van der Waals surface area contributed by atoms with Crippen molar-refractivity contribution in [2.75, 3.05) is 5.33 Å². The minimum Gasteiger partial charge on any atom is -0.140 e. The smallest absolute Gasteiger partial charge is 0.0349 e. The first-order valence-electron chi connectivity index (χ1n) is 4.96. The first kappa shape index (κ1) is 11.6. The second-order valence-corrected chi connectivity index (χ2v) is 6.43. The summed E-state index contributed by atoms with van der Waals surface area (Å²) in [5, 5.41) is 2.49. The van der Waals surface area contributed by atoms with Crippen molar-refractivity contribution in [3.05, 3.63) is 33.1 Å². The summed E-state index contributed by atoms with van der Waals surface area (Å²) in [5.74, 6) is 0. The zero-order chi connectivity index (χ0) is 10.8. The average Bonchev–Trinajstić information content (AvgIpc) is 2.53. The van der Waals surface area contributed by atoms with Gasteiger partial charge in [-0.2, -0.15) is 0 Å². The number of hydrogen-bond donors (Lipinski definition) is 0. The second kappa shape index (κ2) is 4.98. The molecular weight excluding hydrogens is 336 g/mol. The molecule has 0 N–H and O–H groups in total. The summed E-state index contributed by atoms with van der Waals surface area (Å²) in [6.07, 6.45) is 2.41. The van der Waals surface area contributed by atoms with E-state index in [1.54, 1.807) is 0 Å². The van der Waals surface area contributed by atoms with Gasteiger partial charge in [-0.05, 0) is 48.9 Å². The molecule has 2 aromatic rings. The molecule has 15 heavy (non-hydrogen) atoms. The van der Waals surface area contributed by atoms with E-state index in [0.29, 0.717) is 0 Å². The Kier molecular flexibility index (Phi) is 3.86. The standard InChI is InChI=1S/C12H12Br2S/c1-8-10-7-9(14)4-5-12(10)15-11(8)3-2-6-13/h4-5,7H,2-3,6H2,1H3. The van der Waals surface area contributed by atoms with Crippen molar-refractivity contribution in [2.45, 2.75) is 19.8 Å². The molecule has 0 saturated carbocycles. The van der Waals surface area contributed by atoms with Crippen LogP contribution in [0.1, 0.15) is 16.9 Å². The molecule has 1 heterocycles. The summed E-state index contributed by atoms with van der Waals surface area (Å²) in [4.78, 5) is 1.53. The van der Waals surface area contributed by atoms with E-state index >= 15 is 0 Å². The van der Waals surface area contributed by atoms with E-state index in [9.17, 15) is 0 Å². The predicted octanol–water partition coefficient (Wildman–Crippen LogP) is 5.30. The number of halogens is 2. The fourth-order valence-corrected chi connectivity index (χ4v) is 3.58. The number of alkyl halides is 1. The number of hydrogen-bond acceptors (Lipinski definition) is 1. The highest BCUT2D eigenvalue weighted by molar-refractivity contribution is 9.10. The topological polar surface area (TPSA) is 0 Å². The van der Waals surface area contributed by atoms with E-state index in [0.717, 1.165) is 5.33 Å². The van der Waals surface area contributed by atoms with Gasteiger partial charge >= 0.3 is 0 Å². The Balaban J connectivity index is 2.45. The van der Waals surface area contributed by atoms with Crippen LogP contribution in [0.15, 0.2) is 22.7 Å². The van der Waals surface area contributed by atoms with Crippen molar-refractivity contribution in [3.8, 4) is 0 Å². The molecule has 0 aliphatic carbocycles. The molecule has 0 unspecified atom stereocenters. The summed E-state index contributed by atoms with van der Waals surface area (Å²) in [6.45, 7) is 2.23. The molecule has 3 heteroatoms. The van der Waals surface area contributed by atoms with Gasteiger partial charge in [-0.3, -0.25) is 0 Å². The molecule has 0 fully saturated rings. The van der Waals surface area contributed by atoms with Crippen LogP contribution in [-0.2, 0) is 6.42 Å². The van der Waals surface area contributed by atoms with Gasteiger partial charge in [0.15, 0.2) is 0 Å². The summed E-state index contributed by atoms with van der Waals surface area (Å²) in [6, 6.07) is 6.54.